The minimum absolute atomic E-state index is 0.497. The molecule has 0 unspecified atom stereocenters. The van der Waals surface area contributed by atoms with Crippen LogP contribution in [0.3, 0.4) is 0 Å². The normalized spacial score (nSPS) is 16.5. The fraction of sp³-hybridized carbons (Fsp3) is 0.417. The molecule has 2 aromatic rings. The van der Waals surface area contributed by atoms with Gasteiger partial charge in [0.2, 0.25) is 0 Å². The van der Waals surface area contributed by atoms with Crippen molar-refractivity contribution in [1.29, 1.82) is 0 Å². The second-order valence-corrected chi connectivity index (χ2v) is 4.79. The molecule has 5 heteroatoms. The van der Waals surface area contributed by atoms with Gasteiger partial charge in [-0.2, -0.15) is 5.10 Å². The van der Waals surface area contributed by atoms with Crippen molar-refractivity contribution in [1.82, 2.24) is 19.7 Å². The zero-order valence-corrected chi connectivity index (χ0v) is 10.3. The highest BCUT2D eigenvalue weighted by Gasteiger charge is 2.21. The maximum Gasteiger partial charge on any atom is 0.195 e. The molecule has 0 spiro atoms. The van der Waals surface area contributed by atoms with Gasteiger partial charge >= 0.3 is 0 Å². The van der Waals surface area contributed by atoms with Gasteiger partial charge in [0, 0.05) is 24.0 Å². The van der Waals surface area contributed by atoms with Gasteiger partial charge in [-0.1, -0.05) is 12.8 Å². The maximum atomic E-state index is 5.33. The Labute approximate surface area is 105 Å². The second kappa shape index (κ2) is 4.41. The molecular weight excluding hydrogens is 232 g/mol. The fourth-order valence-corrected chi connectivity index (χ4v) is 2.79. The first-order valence-corrected chi connectivity index (χ1v) is 6.34. The Hall–Kier alpha value is -1.49. The van der Waals surface area contributed by atoms with Crippen molar-refractivity contribution in [3.63, 3.8) is 0 Å². The zero-order chi connectivity index (χ0) is 11.7. The van der Waals surface area contributed by atoms with Crippen LogP contribution >= 0.6 is 12.2 Å². The van der Waals surface area contributed by atoms with E-state index in [0.717, 1.165) is 16.2 Å². The van der Waals surface area contributed by atoms with Crippen LogP contribution in [0.25, 0.3) is 11.4 Å². The fourth-order valence-electron chi connectivity index (χ4n) is 2.50. The third-order valence-electron chi connectivity index (χ3n) is 3.31. The number of H-pyrrole nitrogens is 1. The number of aromatic nitrogens is 4. The van der Waals surface area contributed by atoms with E-state index in [0.29, 0.717) is 6.04 Å². The summed E-state index contributed by atoms with van der Waals surface area (Å²) in [6.45, 7) is 0. The van der Waals surface area contributed by atoms with Gasteiger partial charge < -0.3 is 0 Å². The topological polar surface area (TPSA) is 46.5 Å². The number of hydrogen-bond acceptors (Lipinski definition) is 3. The largest absolute Gasteiger partial charge is 0.297 e. The van der Waals surface area contributed by atoms with E-state index in [1.807, 2.05) is 18.3 Å². The van der Waals surface area contributed by atoms with Crippen LogP contribution in [0.1, 0.15) is 31.7 Å². The van der Waals surface area contributed by atoms with E-state index in [9.17, 15) is 0 Å². The van der Waals surface area contributed by atoms with E-state index < -0.39 is 0 Å². The minimum Gasteiger partial charge on any atom is -0.297 e. The van der Waals surface area contributed by atoms with Crippen molar-refractivity contribution in [2.75, 3.05) is 0 Å². The molecule has 3 rings (SSSR count). The predicted molar refractivity (Wildman–Crippen MR) is 68.1 cm³/mol. The summed E-state index contributed by atoms with van der Waals surface area (Å²) < 4.78 is 2.87. The molecule has 1 aliphatic rings. The molecule has 1 fully saturated rings. The van der Waals surface area contributed by atoms with Crippen LogP contribution in [0.4, 0.5) is 0 Å². The van der Waals surface area contributed by atoms with E-state index in [4.69, 9.17) is 12.2 Å². The van der Waals surface area contributed by atoms with Crippen LogP contribution in [-0.4, -0.2) is 19.7 Å². The number of rotatable bonds is 2. The van der Waals surface area contributed by atoms with E-state index in [1.165, 1.54) is 25.7 Å². The molecule has 1 N–H and O–H groups in total. The Morgan fingerprint density at radius 3 is 2.88 bits per heavy atom. The first-order valence-electron chi connectivity index (χ1n) is 5.93. The lowest BCUT2D eigenvalue weighted by atomic mass is 10.2. The van der Waals surface area contributed by atoms with Crippen molar-refractivity contribution < 1.29 is 0 Å². The summed E-state index contributed by atoms with van der Waals surface area (Å²) in [5.74, 6) is 0.912. The molecule has 0 aromatic carbocycles. The molecule has 17 heavy (non-hydrogen) atoms. The average molecular weight is 246 g/mol. The van der Waals surface area contributed by atoms with Gasteiger partial charge in [0.25, 0.3) is 0 Å². The summed E-state index contributed by atoms with van der Waals surface area (Å²) in [4.78, 5) is 4.14. The summed E-state index contributed by atoms with van der Waals surface area (Å²) in [7, 11) is 0. The number of aromatic amines is 1. The smallest absolute Gasteiger partial charge is 0.195 e. The molecule has 0 radical (unpaired) electrons. The van der Waals surface area contributed by atoms with Crippen LogP contribution in [0.5, 0.6) is 0 Å². The first kappa shape index (κ1) is 10.7. The molecule has 0 aliphatic heterocycles. The van der Waals surface area contributed by atoms with Gasteiger partial charge in [0.05, 0.1) is 0 Å². The number of nitrogens with one attached hydrogen (secondary N) is 1. The van der Waals surface area contributed by atoms with Crippen LogP contribution in [0.15, 0.2) is 24.5 Å². The lowest BCUT2D eigenvalue weighted by molar-refractivity contribution is 0.516. The molecule has 2 heterocycles. The monoisotopic (exact) mass is 246 g/mol. The van der Waals surface area contributed by atoms with Crippen LogP contribution in [0, 0.1) is 4.77 Å². The third kappa shape index (κ3) is 1.91. The SMILES string of the molecule is S=c1[nH]nc(-c2cccnc2)n1C1CCCC1. The molecule has 0 amide bonds. The van der Waals surface area contributed by atoms with E-state index in [2.05, 4.69) is 19.7 Å². The second-order valence-electron chi connectivity index (χ2n) is 4.40. The maximum absolute atomic E-state index is 5.33. The first-order chi connectivity index (χ1) is 8.36. The highest BCUT2D eigenvalue weighted by Crippen LogP contribution is 2.32. The van der Waals surface area contributed by atoms with Crippen molar-refractivity contribution in [2.24, 2.45) is 0 Å². The lowest BCUT2D eigenvalue weighted by Gasteiger charge is -2.13. The number of pyridine rings is 1. The van der Waals surface area contributed by atoms with Gasteiger partial charge in [-0.3, -0.25) is 14.6 Å². The van der Waals surface area contributed by atoms with Gasteiger partial charge in [0.15, 0.2) is 10.6 Å². The van der Waals surface area contributed by atoms with Gasteiger partial charge in [-0.05, 0) is 37.2 Å². The Balaban J connectivity index is 2.09. The van der Waals surface area contributed by atoms with Crippen LogP contribution < -0.4 is 0 Å². The highest BCUT2D eigenvalue weighted by molar-refractivity contribution is 7.71. The quantitative estimate of drug-likeness (QED) is 0.828. The van der Waals surface area contributed by atoms with E-state index in [-0.39, 0.29) is 0 Å². The van der Waals surface area contributed by atoms with Gasteiger partial charge in [-0.25, -0.2) is 0 Å². The Kier molecular flexibility index (Phi) is 2.76. The highest BCUT2D eigenvalue weighted by atomic mass is 32.1. The Morgan fingerprint density at radius 2 is 2.18 bits per heavy atom. The summed E-state index contributed by atoms with van der Waals surface area (Å²) in [5, 5.41) is 7.24. The minimum atomic E-state index is 0.497. The standard InChI is InChI=1S/C12H14N4S/c17-12-15-14-11(9-4-3-7-13-8-9)16(12)10-5-1-2-6-10/h3-4,7-8,10H,1-2,5-6H2,(H,15,17). The molecule has 1 saturated carbocycles. The van der Waals surface area contributed by atoms with Gasteiger partial charge in [0.1, 0.15) is 0 Å². The molecule has 0 bridgehead atoms. The Morgan fingerprint density at radius 1 is 1.35 bits per heavy atom. The van der Waals surface area contributed by atoms with Crippen molar-refractivity contribution in [3.8, 4) is 11.4 Å². The molecule has 88 valence electrons. The summed E-state index contributed by atoms with van der Waals surface area (Å²) in [5.41, 5.74) is 1.02. The van der Waals surface area contributed by atoms with Crippen molar-refractivity contribution >= 4 is 12.2 Å². The predicted octanol–water partition coefficient (Wildman–Crippen LogP) is 3.12. The molecule has 0 atom stereocenters. The Bertz CT molecular complexity index is 551. The average Bonchev–Trinajstić information content (AvgIpc) is 2.99. The van der Waals surface area contributed by atoms with Crippen molar-refractivity contribution in [2.45, 2.75) is 31.7 Å². The molecule has 2 aromatic heterocycles. The van der Waals surface area contributed by atoms with E-state index >= 15 is 0 Å². The van der Waals surface area contributed by atoms with E-state index in [1.54, 1.807) is 6.20 Å². The zero-order valence-electron chi connectivity index (χ0n) is 9.47. The summed E-state index contributed by atoms with van der Waals surface area (Å²) >= 11 is 5.33. The number of hydrogen-bond donors (Lipinski definition) is 1. The summed E-state index contributed by atoms with van der Waals surface area (Å²) in [6, 6.07) is 4.44. The van der Waals surface area contributed by atoms with Gasteiger partial charge in [-0.15, -0.1) is 0 Å². The summed E-state index contributed by atoms with van der Waals surface area (Å²) in [6.07, 6.45) is 8.55. The third-order valence-corrected chi connectivity index (χ3v) is 3.60. The molecule has 1 aliphatic carbocycles. The van der Waals surface area contributed by atoms with Crippen LogP contribution in [0.2, 0.25) is 0 Å². The molecule has 0 saturated heterocycles. The lowest BCUT2D eigenvalue weighted by Crippen LogP contribution is -2.06. The number of nitrogens with zero attached hydrogens (tertiary/aromatic N) is 3. The molecular formula is C12H14N4S. The van der Waals surface area contributed by atoms with Crippen molar-refractivity contribution in [3.05, 3.63) is 29.3 Å². The van der Waals surface area contributed by atoms with Crippen LogP contribution in [-0.2, 0) is 0 Å². The molecule has 4 nitrogen and oxygen atoms in total.